The molecule has 1 aliphatic heterocycles. The third-order valence-corrected chi connectivity index (χ3v) is 7.23. The lowest BCUT2D eigenvalue weighted by molar-refractivity contribution is 0.400. The zero-order chi connectivity index (χ0) is 23.1. The van der Waals surface area contributed by atoms with Crippen LogP contribution in [0.2, 0.25) is 10.0 Å². The lowest BCUT2D eigenvalue weighted by Gasteiger charge is -2.33. The Kier molecular flexibility index (Phi) is 5.60. The maximum Gasteiger partial charge on any atom is 0.213 e. The second-order valence-electron chi connectivity index (χ2n) is 8.86. The average molecular weight is 488 g/mol. The molecule has 3 heterocycles. The van der Waals surface area contributed by atoms with Gasteiger partial charge in [0.25, 0.3) is 0 Å². The third-order valence-electron chi connectivity index (χ3n) is 6.66. The molecule has 2 aromatic heterocycles. The van der Waals surface area contributed by atoms with Crippen LogP contribution in [0.25, 0.3) is 27.9 Å². The van der Waals surface area contributed by atoms with E-state index < -0.39 is 0 Å². The SMILES string of the molecule is Clc1ccc2c(c1)nc(N1CCC(Cc3ccccc3)CC1)n1c(-c3ccccc3Cl)nnc21. The Morgan fingerprint density at radius 3 is 2.41 bits per heavy atom. The van der Waals surface area contributed by atoms with Crippen molar-refractivity contribution in [1.29, 1.82) is 0 Å². The Morgan fingerprint density at radius 1 is 0.853 bits per heavy atom. The van der Waals surface area contributed by atoms with Crippen LogP contribution in [0.3, 0.4) is 0 Å². The number of piperidine rings is 1. The van der Waals surface area contributed by atoms with Gasteiger partial charge in [0, 0.05) is 29.1 Å². The van der Waals surface area contributed by atoms with Crippen molar-refractivity contribution in [1.82, 2.24) is 19.6 Å². The van der Waals surface area contributed by atoms with Crippen LogP contribution < -0.4 is 4.90 Å². The van der Waals surface area contributed by atoms with E-state index in [4.69, 9.17) is 28.2 Å². The first-order valence-electron chi connectivity index (χ1n) is 11.6. The van der Waals surface area contributed by atoms with Gasteiger partial charge in [-0.2, -0.15) is 0 Å². The zero-order valence-electron chi connectivity index (χ0n) is 18.5. The summed E-state index contributed by atoms with van der Waals surface area (Å²) in [6.07, 6.45) is 3.33. The Labute approximate surface area is 208 Å². The molecule has 1 aliphatic rings. The second kappa shape index (κ2) is 8.90. The van der Waals surface area contributed by atoms with Crippen molar-refractivity contribution in [3.63, 3.8) is 0 Å². The quantitative estimate of drug-likeness (QED) is 0.282. The largest absolute Gasteiger partial charge is 0.342 e. The predicted molar refractivity (Wildman–Crippen MR) is 139 cm³/mol. The number of halogens is 2. The molecule has 0 saturated carbocycles. The van der Waals surface area contributed by atoms with Gasteiger partial charge in [0.2, 0.25) is 5.95 Å². The van der Waals surface area contributed by atoms with Gasteiger partial charge in [-0.15, -0.1) is 10.2 Å². The molecule has 0 amide bonds. The molecule has 1 saturated heterocycles. The third kappa shape index (κ3) is 3.89. The maximum atomic E-state index is 6.56. The molecule has 34 heavy (non-hydrogen) atoms. The second-order valence-corrected chi connectivity index (χ2v) is 9.70. The number of hydrogen-bond acceptors (Lipinski definition) is 4. The van der Waals surface area contributed by atoms with Crippen LogP contribution in [0.1, 0.15) is 18.4 Å². The van der Waals surface area contributed by atoms with Gasteiger partial charge >= 0.3 is 0 Å². The van der Waals surface area contributed by atoms with E-state index in [9.17, 15) is 0 Å². The van der Waals surface area contributed by atoms with E-state index in [1.165, 1.54) is 5.56 Å². The van der Waals surface area contributed by atoms with Gasteiger partial charge in [-0.3, -0.25) is 0 Å². The minimum atomic E-state index is 0.639. The first kappa shape index (κ1) is 21.4. The van der Waals surface area contributed by atoms with Gasteiger partial charge in [0.1, 0.15) is 0 Å². The van der Waals surface area contributed by atoms with Crippen LogP contribution in [0.15, 0.2) is 72.8 Å². The Morgan fingerprint density at radius 2 is 1.62 bits per heavy atom. The number of hydrogen-bond donors (Lipinski definition) is 0. The van der Waals surface area contributed by atoms with E-state index in [2.05, 4.69) is 49.8 Å². The summed E-state index contributed by atoms with van der Waals surface area (Å²) in [6.45, 7) is 1.84. The summed E-state index contributed by atoms with van der Waals surface area (Å²) in [5, 5.41) is 11.3. The molecule has 0 bridgehead atoms. The number of rotatable bonds is 4. The van der Waals surface area contributed by atoms with Gasteiger partial charge in [-0.25, -0.2) is 9.38 Å². The fourth-order valence-corrected chi connectivity index (χ4v) is 5.29. The molecule has 0 aliphatic carbocycles. The fraction of sp³-hybridized carbons (Fsp3) is 0.222. The molecule has 7 heteroatoms. The van der Waals surface area contributed by atoms with Gasteiger partial charge in [0.15, 0.2) is 11.5 Å². The molecule has 0 unspecified atom stereocenters. The molecular formula is C27H23Cl2N5. The summed E-state index contributed by atoms with van der Waals surface area (Å²) in [7, 11) is 0. The number of nitrogens with zero attached hydrogens (tertiary/aromatic N) is 5. The zero-order valence-corrected chi connectivity index (χ0v) is 20.0. The molecule has 6 rings (SSSR count). The molecule has 5 aromatic rings. The van der Waals surface area contributed by atoms with E-state index >= 15 is 0 Å². The summed E-state index contributed by atoms with van der Waals surface area (Å²) in [5.74, 6) is 2.20. The monoisotopic (exact) mass is 487 g/mol. The fourth-order valence-electron chi connectivity index (χ4n) is 4.91. The topological polar surface area (TPSA) is 46.3 Å². The standard InChI is InChI=1S/C27H23Cl2N5/c28-20-10-11-22-24(17-20)30-27(33-14-12-19(13-15-33)16-18-6-2-1-3-7-18)34-25(31-32-26(22)34)21-8-4-5-9-23(21)29/h1-11,17,19H,12-16H2. The number of aromatic nitrogens is 4. The average Bonchev–Trinajstić information content (AvgIpc) is 3.30. The minimum Gasteiger partial charge on any atom is -0.342 e. The van der Waals surface area contributed by atoms with E-state index in [0.717, 1.165) is 60.4 Å². The van der Waals surface area contributed by atoms with Gasteiger partial charge < -0.3 is 4.90 Å². The van der Waals surface area contributed by atoms with Crippen LogP contribution in [0.5, 0.6) is 0 Å². The number of fused-ring (bicyclic) bond motifs is 3. The van der Waals surface area contributed by atoms with Crippen molar-refractivity contribution in [2.24, 2.45) is 5.92 Å². The highest BCUT2D eigenvalue weighted by molar-refractivity contribution is 6.33. The minimum absolute atomic E-state index is 0.639. The smallest absolute Gasteiger partial charge is 0.213 e. The molecule has 0 radical (unpaired) electrons. The van der Waals surface area contributed by atoms with Crippen molar-refractivity contribution in [3.05, 3.63) is 88.4 Å². The molecule has 0 spiro atoms. The highest BCUT2D eigenvalue weighted by atomic mass is 35.5. The highest BCUT2D eigenvalue weighted by Gasteiger charge is 2.25. The molecule has 0 N–H and O–H groups in total. The van der Waals surface area contributed by atoms with Crippen LogP contribution in [0, 0.1) is 5.92 Å². The van der Waals surface area contributed by atoms with Crippen LogP contribution in [-0.4, -0.2) is 32.7 Å². The van der Waals surface area contributed by atoms with E-state index in [0.29, 0.717) is 21.8 Å². The van der Waals surface area contributed by atoms with Gasteiger partial charge in [-0.1, -0.05) is 65.7 Å². The Bertz CT molecular complexity index is 1470. The van der Waals surface area contributed by atoms with E-state index in [1.807, 2.05) is 42.5 Å². The molecule has 5 nitrogen and oxygen atoms in total. The van der Waals surface area contributed by atoms with Gasteiger partial charge in [0.05, 0.1) is 10.5 Å². The molecular weight excluding hydrogens is 465 g/mol. The lowest BCUT2D eigenvalue weighted by Crippen LogP contribution is -2.36. The van der Waals surface area contributed by atoms with Crippen LogP contribution >= 0.6 is 23.2 Å². The van der Waals surface area contributed by atoms with E-state index in [-0.39, 0.29) is 0 Å². The Hall–Kier alpha value is -3.15. The molecule has 1 fully saturated rings. The summed E-state index contributed by atoms with van der Waals surface area (Å²) in [5.41, 5.74) is 3.83. The highest BCUT2D eigenvalue weighted by Crippen LogP contribution is 2.34. The van der Waals surface area contributed by atoms with Crippen molar-refractivity contribution >= 4 is 45.7 Å². The predicted octanol–water partition coefficient (Wildman–Crippen LogP) is 6.71. The number of anilines is 1. The first-order valence-corrected chi connectivity index (χ1v) is 12.3. The lowest BCUT2D eigenvalue weighted by atomic mass is 9.90. The summed E-state index contributed by atoms with van der Waals surface area (Å²) in [4.78, 5) is 7.41. The summed E-state index contributed by atoms with van der Waals surface area (Å²) >= 11 is 12.9. The van der Waals surface area contributed by atoms with Crippen molar-refractivity contribution in [3.8, 4) is 11.4 Å². The molecule has 3 aromatic carbocycles. The summed E-state index contributed by atoms with van der Waals surface area (Å²) in [6, 6.07) is 24.2. The van der Waals surface area contributed by atoms with Crippen molar-refractivity contribution in [2.45, 2.75) is 19.3 Å². The first-order chi connectivity index (χ1) is 16.7. The van der Waals surface area contributed by atoms with E-state index in [1.54, 1.807) is 0 Å². The van der Waals surface area contributed by atoms with Crippen molar-refractivity contribution < 1.29 is 0 Å². The van der Waals surface area contributed by atoms with Crippen LogP contribution in [-0.2, 0) is 6.42 Å². The molecule has 0 atom stereocenters. The molecule has 170 valence electrons. The normalized spacial score (nSPS) is 14.8. The maximum absolute atomic E-state index is 6.56. The Balaban J connectivity index is 1.42. The van der Waals surface area contributed by atoms with Gasteiger partial charge in [-0.05, 0) is 61.1 Å². The number of benzene rings is 3. The summed E-state index contributed by atoms with van der Waals surface area (Å²) < 4.78 is 2.05. The van der Waals surface area contributed by atoms with Crippen LogP contribution in [0.4, 0.5) is 5.95 Å². The van der Waals surface area contributed by atoms with Crippen molar-refractivity contribution in [2.75, 3.05) is 18.0 Å².